The average molecular weight is 350 g/mol. The summed E-state index contributed by atoms with van der Waals surface area (Å²) in [6, 6.07) is 5.56. The molecule has 2 N–H and O–H groups in total. The van der Waals surface area contributed by atoms with Gasteiger partial charge in [0.05, 0.1) is 12.6 Å². The van der Waals surface area contributed by atoms with Gasteiger partial charge in [0.15, 0.2) is 0 Å². The molecule has 3 heterocycles. The van der Waals surface area contributed by atoms with Gasteiger partial charge in [-0.15, -0.1) is 0 Å². The minimum Gasteiger partial charge on any atom is -0.491 e. The summed E-state index contributed by atoms with van der Waals surface area (Å²) in [5.74, 6) is 1.03. The van der Waals surface area contributed by atoms with Crippen molar-refractivity contribution in [2.75, 3.05) is 32.8 Å². The van der Waals surface area contributed by atoms with Gasteiger partial charge in [0.1, 0.15) is 12.4 Å². The molecule has 0 bridgehead atoms. The second kappa shape index (κ2) is 6.54. The SMILES string of the molecule is O=C([C@@H]1CC2(CCNCC2)CN1)N1CCOc2ccc(Cl)cc2C1. The third kappa shape index (κ3) is 3.13. The first-order chi connectivity index (χ1) is 11.7. The number of hydrogen-bond donors (Lipinski definition) is 2. The molecule has 1 aromatic rings. The molecule has 0 aliphatic carbocycles. The van der Waals surface area contributed by atoms with Crippen molar-refractivity contribution < 1.29 is 9.53 Å². The van der Waals surface area contributed by atoms with Gasteiger partial charge in [-0.1, -0.05) is 11.6 Å². The van der Waals surface area contributed by atoms with E-state index in [4.69, 9.17) is 16.3 Å². The van der Waals surface area contributed by atoms with Crippen LogP contribution in [0.1, 0.15) is 24.8 Å². The van der Waals surface area contributed by atoms with E-state index in [1.54, 1.807) is 0 Å². The van der Waals surface area contributed by atoms with Crippen molar-refractivity contribution in [2.45, 2.75) is 31.8 Å². The van der Waals surface area contributed by atoms with Crippen LogP contribution in [0.25, 0.3) is 0 Å². The molecular formula is C18H24ClN3O2. The highest BCUT2D eigenvalue weighted by Gasteiger charge is 2.43. The molecular weight excluding hydrogens is 326 g/mol. The molecule has 3 aliphatic heterocycles. The molecule has 0 radical (unpaired) electrons. The minimum absolute atomic E-state index is 0.0659. The Kier molecular flexibility index (Phi) is 4.41. The van der Waals surface area contributed by atoms with Crippen LogP contribution >= 0.6 is 11.6 Å². The van der Waals surface area contributed by atoms with Crippen LogP contribution in [0.5, 0.6) is 5.75 Å². The fraction of sp³-hybridized carbons (Fsp3) is 0.611. The number of benzene rings is 1. The summed E-state index contributed by atoms with van der Waals surface area (Å²) in [6.07, 6.45) is 3.27. The van der Waals surface area contributed by atoms with E-state index < -0.39 is 0 Å². The summed E-state index contributed by atoms with van der Waals surface area (Å²) >= 11 is 6.10. The Morgan fingerprint density at radius 2 is 2.17 bits per heavy atom. The number of hydrogen-bond acceptors (Lipinski definition) is 4. The van der Waals surface area contributed by atoms with E-state index in [0.29, 0.717) is 30.1 Å². The number of rotatable bonds is 1. The number of amides is 1. The fourth-order valence-corrected chi connectivity index (χ4v) is 4.40. The molecule has 1 spiro atoms. The van der Waals surface area contributed by atoms with Crippen LogP contribution in [-0.2, 0) is 11.3 Å². The third-order valence-corrected chi connectivity index (χ3v) is 5.87. The number of halogens is 1. The van der Waals surface area contributed by atoms with Gasteiger partial charge in [0.2, 0.25) is 5.91 Å². The summed E-state index contributed by atoms with van der Waals surface area (Å²) in [7, 11) is 0. The first-order valence-electron chi connectivity index (χ1n) is 8.79. The van der Waals surface area contributed by atoms with Gasteiger partial charge in [0, 0.05) is 23.7 Å². The predicted molar refractivity (Wildman–Crippen MR) is 93.3 cm³/mol. The zero-order chi connectivity index (χ0) is 16.6. The zero-order valence-corrected chi connectivity index (χ0v) is 14.6. The molecule has 5 nitrogen and oxygen atoms in total. The van der Waals surface area contributed by atoms with E-state index >= 15 is 0 Å². The summed E-state index contributed by atoms with van der Waals surface area (Å²) in [4.78, 5) is 14.9. The van der Waals surface area contributed by atoms with Crippen LogP contribution in [0.3, 0.4) is 0 Å². The lowest BCUT2D eigenvalue weighted by Gasteiger charge is -2.33. The van der Waals surface area contributed by atoms with E-state index in [2.05, 4.69) is 10.6 Å². The van der Waals surface area contributed by atoms with E-state index in [-0.39, 0.29) is 11.9 Å². The van der Waals surface area contributed by atoms with Crippen molar-refractivity contribution in [3.05, 3.63) is 28.8 Å². The van der Waals surface area contributed by atoms with Gasteiger partial charge < -0.3 is 20.3 Å². The Morgan fingerprint density at radius 1 is 1.33 bits per heavy atom. The van der Waals surface area contributed by atoms with E-state index in [0.717, 1.165) is 50.2 Å². The van der Waals surface area contributed by atoms with E-state index in [1.807, 2.05) is 23.1 Å². The van der Waals surface area contributed by atoms with Crippen molar-refractivity contribution in [3.8, 4) is 5.75 Å². The van der Waals surface area contributed by atoms with Crippen molar-refractivity contribution in [1.29, 1.82) is 0 Å². The van der Waals surface area contributed by atoms with Crippen LogP contribution in [0.4, 0.5) is 0 Å². The average Bonchev–Trinajstić information content (AvgIpc) is 2.87. The Hall–Kier alpha value is -1.30. The Labute approximate surface area is 147 Å². The monoisotopic (exact) mass is 349 g/mol. The molecule has 0 unspecified atom stereocenters. The number of nitrogens with zero attached hydrogens (tertiary/aromatic N) is 1. The zero-order valence-electron chi connectivity index (χ0n) is 13.8. The van der Waals surface area contributed by atoms with Crippen LogP contribution in [0.15, 0.2) is 18.2 Å². The lowest BCUT2D eigenvalue weighted by molar-refractivity contribution is -0.134. The number of nitrogens with one attached hydrogen (secondary N) is 2. The molecule has 3 aliphatic rings. The van der Waals surface area contributed by atoms with Gasteiger partial charge in [-0.25, -0.2) is 0 Å². The van der Waals surface area contributed by atoms with Crippen molar-refractivity contribution >= 4 is 17.5 Å². The molecule has 2 saturated heterocycles. The number of carbonyl (C=O) groups is 1. The summed E-state index contributed by atoms with van der Waals surface area (Å²) in [5, 5.41) is 7.58. The van der Waals surface area contributed by atoms with Gasteiger partial charge in [-0.3, -0.25) is 4.79 Å². The fourth-order valence-electron chi connectivity index (χ4n) is 4.20. The highest BCUT2D eigenvalue weighted by atomic mass is 35.5. The lowest BCUT2D eigenvalue weighted by atomic mass is 9.77. The maximum Gasteiger partial charge on any atom is 0.240 e. The van der Waals surface area contributed by atoms with Crippen LogP contribution in [0.2, 0.25) is 5.02 Å². The van der Waals surface area contributed by atoms with Crippen LogP contribution < -0.4 is 15.4 Å². The molecule has 130 valence electrons. The molecule has 1 amide bonds. The van der Waals surface area contributed by atoms with Gasteiger partial charge >= 0.3 is 0 Å². The topological polar surface area (TPSA) is 53.6 Å². The van der Waals surface area contributed by atoms with Gasteiger partial charge in [0.25, 0.3) is 0 Å². The van der Waals surface area contributed by atoms with Crippen LogP contribution in [-0.4, -0.2) is 49.6 Å². The predicted octanol–water partition coefficient (Wildman–Crippen LogP) is 1.79. The molecule has 1 aromatic carbocycles. The Morgan fingerprint density at radius 3 is 3.00 bits per heavy atom. The molecule has 1 atom stereocenters. The minimum atomic E-state index is -0.0659. The quantitative estimate of drug-likeness (QED) is 0.811. The normalized spacial score (nSPS) is 25.9. The number of piperidine rings is 1. The third-order valence-electron chi connectivity index (χ3n) is 5.64. The second-order valence-corrected chi connectivity index (χ2v) is 7.68. The smallest absolute Gasteiger partial charge is 0.240 e. The first kappa shape index (κ1) is 16.2. The van der Waals surface area contributed by atoms with E-state index in [1.165, 1.54) is 0 Å². The van der Waals surface area contributed by atoms with Gasteiger partial charge in [-0.05, 0) is 56.0 Å². The number of carbonyl (C=O) groups excluding carboxylic acids is 1. The summed E-state index contributed by atoms with van der Waals surface area (Å²) < 4.78 is 5.78. The number of ether oxygens (including phenoxy) is 1. The highest BCUT2D eigenvalue weighted by Crippen LogP contribution is 2.38. The van der Waals surface area contributed by atoms with Crippen molar-refractivity contribution in [3.63, 3.8) is 0 Å². The summed E-state index contributed by atoms with van der Waals surface area (Å²) in [5.41, 5.74) is 1.29. The van der Waals surface area contributed by atoms with Crippen molar-refractivity contribution in [1.82, 2.24) is 15.5 Å². The maximum atomic E-state index is 13.0. The Bertz CT molecular complexity index is 631. The molecule has 0 saturated carbocycles. The first-order valence-corrected chi connectivity index (χ1v) is 9.17. The second-order valence-electron chi connectivity index (χ2n) is 7.25. The largest absolute Gasteiger partial charge is 0.491 e. The Balaban J connectivity index is 1.46. The number of fused-ring (bicyclic) bond motifs is 1. The molecule has 6 heteroatoms. The summed E-state index contributed by atoms with van der Waals surface area (Å²) in [6.45, 7) is 4.80. The van der Waals surface area contributed by atoms with Crippen LogP contribution in [0, 0.1) is 5.41 Å². The van der Waals surface area contributed by atoms with Gasteiger partial charge in [-0.2, -0.15) is 0 Å². The maximum absolute atomic E-state index is 13.0. The van der Waals surface area contributed by atoms with Crippen molar-refractivity contribution in [2.24, 2.45) is 5.41 Å². The molecule has 2 fully saturated rings. The van der Waals surface area contributed by atoms with E-state index in [9.17, 15) is 4.79 Å². The highest BCUT2D eigenvalue weighted by molar-refractivity contribution is 6.30. The molecule has 24 heavy (non-hydrogen) atoms. The molecule has 4 rings (SSSR count). The standard InChI is InChI=1S/C18H24ClN3O2/c19-14-1-2-16-13(9-14)11-22(7-8-24-16)17(23)15-10-18(12-21-15)3-5-20-6-4-18/h1-2,9,15,20-21H,3-8,10-12H2/t15-/m0/s1. The molecule has 0 aromatic heterocycles. The lowest BCUT2D eigenvalue weighted by Crippen LogP contribution is -2.44.